The molecule has 76 heavy (non-hydrogen) atoms. The number of carbonyl (C=O) groups excluding carboxylic acids is 5. The summed E-state index contributed by atoms with van der Waals surface area (Å²) in [5.74, 6) is -4.47. The SMILES string of the molecule is CCOC(=O)c1cn[nH]c1N.CCOC(=O)c1cnn2c(C(F)(F)F)cc(-c3ccccc3)nc12.CCOC(=O)c1cnn2c1NC(c1ccccc1)CC2C(F)(F)F.O=C(CC(=O)C(F)(F)F)c1ccccc1.[B].[H-].[Na+]. The van der Waals surface area contributed by atoms with Crippen LogP contribution in [0.5, 0.6) is 0 Å². The molecule has 4 N–H and O–H groups in total. The van der Waals surface area contributed by atoms with Gasteiger partial charge in [0.15, 0.2) is 23.2 Å². The predicted octanol–water partition coefficient (Wildman–Crippen LogP) is 6.61. The average Bonchev–Trinajstić information content (AvgIpc) is 4.13. The Bertz CT molecular complexity index is 3040. The van der Waals surface area contributed by atoms with Crippen molar-refractivity contribution < 1.29 is 109 Å². The summed E-state index contributed by atoms with van der Waals surface area (Å²) in [7, 11) is 0. The number of aromatic amines is 1. The number of hydrogen-bond acceptors (Lipinski definition) is 14. The van der Waals surface area contributed by atoms with Gasteiger partial charge in [0.2, 0.25) is 5.78 Å². The number of alkyl halides is 9. The normalized spacial score (nSPS) is 13.6. The first-order chi connectivity index (χ1) is 35.0. The number of aromatic nitrogens is 7. The number of nitrogens with two attached hydrogens (primary N) is 1. The van der Waals surface area contributed by atoms with Gasteiger partial charge in [0, 0.05) is 26.0 Å². The molecule has 7 aromatic rings. The van der Waals surface area contributed by atoms with Crippen molar-refractivity contribution in [1.82, 2.24) is 34.6 Å². The van der Waals surface area contributed by atoms with E-state index in [-0.39, 0.29) is 104 Å². The van der Waals surface area contributed by atoms with Gasteiger partial charge in [0.05, 0.1) is 56.6 Å². The Morgan fingerprint density at radius 1 is 0.711 bits per heavy atom. The van der Waals surface area contributed by atoms with E-state index >= 15 is 0 Å². The number of ketones is 2. The molecule has 0 aliphatic carbocycles. The summed E-state index contributed by atoms with van der Waals surface area (Å²) in [5, 5.41) is 16.4. The first-order valence-corrected chi connectivity index (χ1v) is 21.9. The Morgan fingerprint density at radius 2 is 1.22 bits per heavy atom. The van der Waals surface area contributed by atoms with Crippen LogP contribution in [0.15, 0.2) is 116 Å². The van der Waals surface area contributed by atoms with Crippen molar-refractivity contribution in [2.24, 2.45) is 0 Å². The van der Waals surface area contributed by atoms with Crippen molar-refractivity contribution in [3.63, 3.8) is 0 Å². The minimum absolute atomic E-state index is 0. The van der Waals surface area contributed by atoms with Crippen molar-refractivity contribution in [3.8, 4) is 11.3 Å². The number of benzene rings is 3. The van der Waals surface area contributed by atoms with E-state index in [4.69, 9.17) is 15.2 Å². The molecule has 1 aliphatic rings. The summed E-state index contributed by atoms with van der Waals surface area (Å²) in [6.45, 7) is 5.53. The molecular weight excluding hydrogens is 1040 g/mol. The molecule has 4 aromatic heterocycles. The van der Waals surface area contributed by atoms with Gasteiger partial charge in [-0.1, -0.05) is 91.0 Å². The molecule has 0 fully saturated rings. The number of Topliss-reactive ketones (excluding diaryl/α,β-unsaturated/α-hetero) is 2. The molecule has 2 unspecified atom stereocenters. The maximum Gasteiger partial charge on any atom is 1.00 e. The van der Waals surface area contributed by atoms with E-state index in [1.54, 1.807) is 87.5 Å². The van der Waals surface area contributed by atoms with Crippen LogP contribution in [-0.4, -0.2) is 105 Å². The molecule has 8 rings (SSSR count). The molecule has 3 radical (unpaired) electrons. The van der Waals surface area contributed by atoms with E-state index in [1.807, 2.05) is 0 Å². The number of fused-ring (bicyclic) bond motifs is 2. The van der Waals surface area contributed by atoms with E-state index in [0.29, 0.717) is 22.2 Å². The number of carbonyl (C=O) groups is 5. The van der Waals surface area contributed by atoms with Crippen LogP contribution >= 0.6 is 0 Å². The van der Waals surface area contributed by atoms with Crippen molar-refractivity contribution in [3.05, 3.63) is 149 Å². The molecule has 0 amide bonds. The topological polar surface area (TPSA) is 228 Å². The van der Waals surface area contributed by atoms with Gasteiger partial charge in [0.25, 0.3) is 0 Å². The van der Waals surface area contributed by atoms with Crippen LogP contribution < -0.4 is 40.6 Å². The van der Waals surface area contributed by atoms with Crippen LogP contribution in [0.4, 0.5) is 51.1 Å². The zero-order valence-corrected chi connectivity index (χ0v) is 42.7. The number of nitrogens with one attached hydrogen (secondary N) is 2. The predicted molar refractivity (Wildman–Crippen MR) is 252 cm³/mol. The van der Waals surface area contributed by atoms with Gasteiger partial charge >= 0.3 is 66.0 Å². The number of ether oxygens (including phenoxy) is 3. The maximum atomic E-state index is 13.5. The van der Waals surface area contributed by atoms with E-state index in [0.717, 1.165) is 23.1 Å². The maximum absolute atomic E-state index is 13.5. The summed E-state index contributed by atoms with van der Waals surface area (Å²) in [6.07, 6.45) is -11.9. The third-order valence-electron chi connectivity index (χ3n) is 10.2. The molecule has 0 bridgehead atoms. The second kappa shape index (κ2) is 27.9. The minimum Gasteiger partial charge on any atom is -1.00 e. The standard InChI is InChI=1S/C16H16F3N3O2.C16H12F3N3O2.C10H7F3O2.C6H9N3O2.B.Na.H/c2*1-2-24-15(23)11-9-20-22-13(16(17,18)19)8-12(21-14(11)22)10-6-4-3-5-7-10;11-10(12,13)9(15)6-8(14)7-4-2-1-3-5-7;1-2-11-6(10)4-3-8-9-5(4)7;;;/h3-7,9,12-13,21H,2,8H2,1H3;3-9H,2H2,1H3;1-5H,6H2;3H,2H2,1H3,(H3,7,8,9);;;/q;;;;;+1;-1. The number of rotatable bonds is 11. The molecule has 0 spiro atoms. The number of hydrogen-bond donors (Lipinski definition) is 3. The van der Waals surface area contributed by atoms with Crippen LogP contribution in [0.2, 0.25) is 0 Å². The Labute approximate surface area is 452 Å². The smallest absolute Gasteiger partial charge is 1.00 e. The molecule has 397 valence electrons. The molecule has 1 aliphatic heterocycles. The van der Waals surface area contributed by atoms with Crippen LogP contribution in [-0.2, 0) is 25.2 Å². The number of nitrogens with zero attached hydrogens (tertiary/aromatic N) is 6. The van der Waals surface area contributed by atoms with E-state index < -0.39 is 72.2 Å². The summed E-state index contributed by atoms with van der Waals surface area (Å²) >= 11 is 0. The fourth-order valence-electron chi connectivity index (χ4n) is 6.74. The number of anilines is 2. The number of H-pyrrole nitrogens is 1. The molecule has 17 nitrogen and oxygen atoms in total. The van der Waals surface area contributed by atoms with Crippen LogP contribution in [0.3, 0.4) is 0 Å². The number of esters is 3. The third-order valence-corrected chi connectivity index (χ3v) is 10.2. The fourth-order valence-corrected chi connectivity index (χ4v) is 6.74. The van der Waals surface area contributed by atoms with Gasteiger partial charge in [-0.2, -0.15) is 54.8 Å². The van der Waals surface area contributed by atoms with Crippen LogP contribution in [0.1, 0.15) is 99.8 Å². The van der Waals surface area contributed by atoms with E-state index in [1.165, 1.54) is 30.5 Å². The first kappa shape index (κ1) is 62.8. The van der Waals surface area contributed by atoms with Gasteiger partial charge < -0.3 is 26.7 Å². The molecular formula is C48H45BF9N9NaO8. The minimum atomic E-state index is -4.94. The quantitative estimate of drug-likeness (QED) is 0.0310. The van der Waals surface area contributed by atoms with E-state index in [9.17, 15) is 63.5 Å². The van der Waals surface area contributed by atoms with Crippen LogP contribution in [0, 0.1) is 0 Å². The molecule has 28 heteroatoms. The van der Waals surface area contributed by atoms with Gasteiger partial charge in [-0.05, 0) is 32.4 Å². The first-order valence-electron chi connectivity index (χ1n) is 21.9. The summed E-state index contributed by atoms with van der Waals surface area (Å²) < 4.78 is 132. The van der Waals surface area contributed by atoms with Crippen molar-refractivity contribution >= 4 is 55.2 Å². The molecule has 0 saturated carbocycles. The van der Waals surface area contributed by atoms with Crippen molar-refractivity contribution in [2.75, 3.05) is 30.9 Å². The Kier molecular flexibility index (Phi) is 23.0. The summed E-state index contributed by atoms with van der Waals surface area (Å²) in [5.41, 5.74) is 5.75. The fraction of sp³-hybridized carbons (Fsp3) is 0.271. The van der Waals surface area contributed by atoms with Crippen molar-refractivity contribution in [1.29, 1.82) is 0 Å². The van der Waals surface area contributed by atoms with Gasteiger partial charge in [0.1, 0.15) is 28.3 Å². The van der Waals surface area contributed by atoms with Gasteiger partial charge in [-0.15, -0.1) is 0 Å². The monoisotopic (exact) mass is 1080 g/mol. The van der Waals surface area contributed by atoms with Gasteiger partial charge in [-0.3, -0.25) is 14.7 Å². The summed E-state index contributed by atoms with van der Waals surface area (Å²) in [6, 6.07) is 23.2. The third kappa shape index (κ3) is 16.5. The summed E-state index contributed by atoms with van der Waals surface area (Å²) in [4.78, 5) is 60.7. The second-order valence-corrected chi connectivity index (χ2v) is 15.2. The zero-order chi connectivity index (χ0) is 54.4. The van der Waals surface area contributed by atoms with Gasteiger partial charge in [-0.25, -0.2) is 28.6 Å². The molecule has 0 saturated heterocycles. The molecule has 3 aromatic carbocycles. The van der Waals surface area contributed by atoms with Crippen molar-refractivity contribution in [2.45, 2.75) is 64.2 Å². The Hall–Kier alpha value is -7.52. The largest absolute Gasteiger partial charge is 1.00 e. The Balaban J connectivity index is 0.000000361. The average molecular weight is 1080 g/mol. The number of nitrogen functional groups attached to an aromatic ring is 1. The Morgan fingerprint density at radius 3 is 1.72 bits per heavy atom. The van der Waals surface area contributed by atoms with E-state index in [2.05, 4.69) is 35.4 Å². The van der Waals surface area contributed by atoms with Crippen LogP contribution in [0.25, 0.3) is 16.9 Å². The second-order valence-electron chi connectivity index (χ2n) is 15.2. The molecule has 5 heterocycles. The molecule has 2 atom stereocenters. The zero-order valence-electron chi connectivity index (χ0n) is 41.7. The number of halogens is 9.